The molecule has 0 aromatic heterocycles. The first-order valence-electron chi connectivity index (χ1n) is 8.82. The summed E-state index contributed by atoms with van der Waals surface area (Å²) in [5.74, 6) is -0.360. The number of benzene rings is 1. The number of nitrogens with one attached hydrogen (secondary N) is 1. The fourth-order valence-electron chi connectivity index (χ4n) is 4.18. The van der Waals surface area contributed by atoms with E-state index < -0.39 is 36.1 Å². The molecule has 5 rings (SSSR count). The van der Waals surface area contributed by atoms with Gasteiger partial charge in [0, 0.05) is 6.92 Å². The first-order chi connectivity index (χ1) is 12.8. The summed E-state index contributed by atoms with van der Waals surface area (Å²) >= 11 is 0. The van der Waals surface area contributed by atoms with Crippen molar-refractivity contribution in [3.63, 3.8) is 0 Å². The summed E-state index contributed by atoms with van der Waals surface area (Å²) in [6, 6.07) is 3.05. The Kier molecular flexibility index (Phi) is 3.36. The van der Waals surface area contributed by atoms with E-state index in [1.807, 2.05) is 6.08 Å². The van der Waals surface area contributed by atoms with E-state index in [2.05, 4.69) is 5.32 Å². The molecule has 4 aliphatic rings. The van der Waals surface area contributed by atoms with Crippen LogP contribution in [-0.4, -0.2) is 48.8 Å². The van der Waals surface area contributed by atoms with Crippen molar-refractivity contribution in [2.45, 2.75) is 50.9 Å². The van der Waals surface area contributed by atoms with Crippen molar-refractivity contribution in [3.05, 3.63) is 29.3 Å². The van der Waals surface area contributed by atoms with Crippen molar-refractivity contribution in [1.29, 1.82) is 0 Å². The Morgan fingerprint density at radius 3 is 2.52 bits per heavy atom. The average Bonchev–Trinajstić information content (AvgIpc) is 3.17. The zero-order valence-corrected chi connectivity index (χ0v) is 15.1. The van der Waals surface area contributed by atoms with Crippen LogP contribution in [0.25, 0.3) is 5.57 Å². The maximum Gasteiger partial charge on any atom is 0.303 e. The summed E-state index contributed by atoms with van der Waals surface area (Å²) < 4.78 is 28.4. The summed E-state index contributed by atoms with van der Waals surface area (Å²) in [7, 11) is 0. The third-order valence-corrected chi connectivity index (χ3v) is 5.15. The number of fused-ring (bicyclic) bond motifs is 6. The Labute approximate surface area is 155 Å². The minimum Gasteiger partial charge on any atom is -0.455 e. The summed E-state index contributed by atoms with van der Waals surface area (Å²) in [5.41, 5.74) is 2.02. The lowest BCUT2D eigenvalue weighted by molar-refractivity contribution is -0.164. The minimum absolute atomic E-state index is 0.119. The summed E-state index contributed by atoms with van der Waals surface area (Å²) in [4.78, 5) is 24.4. The maximum absolute atomic E-state index is 12.7. The summed E-state index contributed by atoms with van der Waals surface area (Å²) in [6.45, 7) is 5.07. The molecule has 27 heavy (non-hydrogen) atoms. The van der Waals surface area contributed by atoms with Gasteiger partial charge in [-0.1, -0.05) is 0 Å². The Balaban J connectivity index is 1.64. The average molecular weight is 373 g/mol. The maximum atomic E-state index is 12.7. The Hall–Kier alpha value is -2.58. The van der Waals surface area contributed by atoms with Gasteiger partial charge < -0.3 is 29.0 Å². The van der Waals surface area contributed by atoms with E-state index >= 15 is 0 Å². The quantitative estimate of drug-likeness (QED) is 0.744. The zero-order valence-electron chi connectivity index (χ0n) is 15.1. The highest BCUT2D eigenvalue weighted by atomic mass is 16.8. The van der Waals surface area contributed by atoms with Crippen molar-refractivity contribution >= 4 is 17.4 Å². The van der Waals surface area contributed by atoms with E-state index in [1.165, 1.54) is 6.92 Å². The van der Waals surface area contributed by atoms with Gasteiger partial charge in [-0.15, -0.1) is 0 Å². The predicted molar refractivity (Wildman–Crippen MR) is 91.2 cm³/mol. The van der Waals surface area contributed by atoms with Crippen LogP contribution in [0.15, 0.2) is 18.2 Å². The van der Waals surface area contributed by atoms with Gasteiger partial charge in [-0.3, -0.25) is 9.59 Å². The van der Waals surface area contributed by atoms with Crippen LogP contribution in [0.3, 0.4) is 0 Å². The second-order valence-electron chi connectivity index (χ2n) is 7.46. The largest absolute Gasteiger partial charge is 0.455 e. The molecule has 1 fully saturated rings. The van der Waals surface area contributed by atoms with Gasteiger partial charge in [0.15, 0.2) is 17.3 Å². The Morgan fingerprint density at radius 1 is 1.15 bits per heavy atom. The molecule has 3 aliphatic heterocycles. The molecule has 1 aromatic carbocycles. The topological polar surface area (TPSA) is 92.3 Å². The third kappa shape index (κ3) is 2.51. The molecule has 0 spiro atoms. The monoisotopic (exact) mass is 373 g/mol. The highest BCUT2D eigenvalue weighted by Crippen LogP contribution is 2.45. The Morgan fingerprint density at radius 2 is 1.81 bits per heavy atom. The smallest absolute Gasteiger partial charge is 0.303 e. The molecular weight excluding hydrogens is 354 g/mol. The van der Waals surface area contributed by atoms with Crippen LogP contribution in [0.5, 0.6) is 11.5 Å². The fraction of sp³-hybridized carbons (Fsp3) is 0.474. The zero-order chi connectivity index (χ0) is 18.9. The third-order valence-electron chi connectivity index (χ3n) is 5.15. The minimum atomic E-state index is -0.850. The van der Waals surface area contributed by atoms with Gasteiger partial charge in [-0.25, -0.2) is 0 Å². The van der Waals surface area contributed by atoms with Gasteiger partial charge >= 0.3 is 5.97 Å². The molecule has 0 saturated carbocycles. The van der Waals surface area contributed by atoms with Gasteiger partial charge in [-0.05, 0) is 43.2 Å². The van der Waals surface area contributed by atoms with Crippen LogP contribution in [0.1, 0.15) is 36.7 Å². The van der Waals surface area contributed by atoms with Crippen molar-refractivity contribution in [3.8, 4) is 11.5 Å². The van der Waals surface area contributed by atoms with Crippen LogP contribution < -0.4 is 14.8 Å². The number of rotatable bonds is 1. The molecule has 3 heterocycles. The molecule has 1 aliphatic carbocycles. The van der Waals surface area contributed by atoms with Crippen LogP contribution in [-0.2, 0) is 19.0 Å². The lowest BCUT2D eigenvalue weighted by Gasteiger charge is -2.39. The van der Waals surface area contributed by atoms with Crippen molar-refractivity contribution in [2.75, 3.05) is 6.79 Å². The van der Waals surface area contributed by atoms with E-state index in [9.17, 15) is 9.59 Å². The van der Waals surface area contributed by atoms with Crippen LogP contribution in [0.2, 0.25) is 0 Å². The predicted octanol–water partition coefficient (Wildman–Crippen LogP) is 1.38. The molecule has 1 amide bonds. The summed E-state index contributed by atoms with van der Waals surface area (Å²) in [6.07, 6.45) is 0.229. The Bertz CT molecular complexity index is 890. The number of esters is 1. The molecule has 8 nitrogen and oxygen atoms in total. The fourth-order valence-corrected chi connectivity index (χ4v) is 4.18. The number of carbonyl (C=O) groups is 2. The van der Waals surface area contributed by atoms with E-state index in [1.54, 1.807) is 26.0 Å². The number of amides is 1. The molecular formula is C19H19NO7. The second kappa shape index (κ2) is 5.46. The van der Waals surface area contributed by atoms with Crippen molar-refractivity contribution in [1.82, 2.24) is 5.32 Å². The van der Waals surface area contributed by atoms with E-state index in [4.69, 9.17) is 23.7 Å². The number of hydrogen-bond acceptors (Lipinski definition) is 7. The molecule has 1 saturated heterocycles. The molecule has 0 radical (unpaired) electrons. The van der Waals surface area contributed by atoms with E-state index in [-0.39, 0.29) is 12.7 Å². The molecule has 1 N–H and O–H groups in total. The SMILES string of the molecule is CC(=O)O[C@H]1C=C2c3cc4c(cc3C(=O)N[C@H]2[C@@H]2OC(C)(C)O[C@@H]21)OCO4. The molecule has 8 heteroatoms. The van der Waals surface area contributed by atoms with Crippen LogP contribution in [0, 0.1) is 0 Å². The summed E-state index contributed by atoms with van der Waals surface area (Å²) in [5, 5.41) is 3.00. The molecule has 4 atom stereocenters. The first kappa shape index (κ1) is 16.6. The molecule has 0 bridgehead atoms. The van der Waals surface area contributed by atoms with Gasteiger partial charge in [0.2, 0.25) is 6.79 Å². The van der Waals surface area contributed by atoms with Crippen molar-refractivity contribution in [2.24, 2.45) is 0 Å². The van der Waals surface area contributed by atoms with Crippen LogP contribution in [0.4, 0.5) is 0 Å². The first-order valence-corrected chi connectivity index (χ1v) is 8.82. The number of hydrogen-bond donors (Lipinski definition) is 1. The van der Waals surface area contributed by atoms with E-state index in [0.29, 0.717) is 17.1 Å². The lowest BCUT2D eigenvalue weighted by Crippen LogP contribution is -2.56. The highest BCUT2D eigenvalue weighted by Gasteiger charge is 2.54. The normalized spacial score (nSPS) is 32.0. The van der Waals surface area contributed by atoms with Gasteiger partial charge in [0.25, 0.3) is 5.91 Å². The highest BCUT2D eigenvalue weighted by molar-refractivity contribution is 6.05. The number of ether oxygens (including phenoxy) is 5. The van der Waals surface area contributed by atoms with Gasteiger partial charge in [0.1, 0.15) is 18.3 Å². The molecule has 0 unspecified atom stereocenters. The van der Waals surface area contributed by atoms with Gasteiger partial charge in [-0.2, -0.15) is 0 Å². The second-order valence-corrected chi connectivity index (χ2v) is 7.46. The molecule has 1 aromatic rings. The van der Waals surface area contributed by atoms with E-state index in [0.717, 1.165) is 11.1 Å². The van der Waals surface area contributed by atoms with Crippen LogP contribution >= 0.6 is 0 Å². The molecule has 142 valence electrons. The van der Waals surface area contributed by atoms with Gasteiger partial charge in [0.05, 0.1) is 11.6 Å². The standard InChI is InChI=1S/C19H19NO7/c1-8(21)25-14-5-10-9-4-12-13(24-7-23-12)6-11(9)18(22)20-15(10)17-16(14)26-19(2,3)27-17/h4-6,14-17H,7H2,1-3H3,(H,20,22)/t14-,15+,16+,17-/m0/s1. The van der Waals surface area contributed by atoms with Crippen molar-refractivity contribution < 1.29 is 33.3 Å². The lowest BCUT2D eigenvalue weighted by atomic mass is 9.79. The number of carbonyl (C=O) groups excluding carboxylic acids is 2.